The second-order valence-electron chi connectivity index (χ2n) is 9.64. The van der Waals surface area contributed by atoms with Gasteiger partial charge < -0.3 is 19.1 Å². The molecule has 2 rings (SSSR count). The number of hydrogen-bond donors (Lipinski definition) is 0. The van der Waals surface area contributed by atoms with Gasteiger partial charge in [-0.25, -0.2) is 4.79 Å². The van der Waals surface area contributed by atoms with Gasteiger partial charge in [-0.15, -0.1) is 0 Å². The summed E-state index contributed by atoms with van der Waals surface area (Å²) in [6, 6.07) is -0.594. The summed E-state index contributed by atoms with van der Waals surface area (Å²) in [6.07, 6.45) is 17.4. The van der Waals surface area contributed by atoms with Crippen LogP contribution in [0.1, 0.15) is 116 Å². The zero-order valence-corrected chi connectivity index (χ0v) is 21.4. The van der Waals surface area contributed by atoms with E-state index in [9.17, 15) is 14.4 Å². The van der Waals surface area contributed by atoms with Gasteiger partial charge >= 0.3 is 5.97 Å². The van der Waals surface area contributed by atoms with Crippen LogP contribution in [0.4, 0.5) is 0 Å². The Kier molecular flexibility index (Phi) is 15.1. The zero-order valence-electron chi connectivity index (χ0n) is 21.4. The Labute approximate surface area is 206 Å². The fourth-order valence-electron chi connectivity index (χ4n) is 4.78. The van der Waals surface area contributed by atoms with E-state index >= 15 is 0 Å². The van der Waals surface area contributed by atoms with Crippen LogP contribution in [-0.2, 0) is 28.6 Å². The van der Waals surface area contributed by atoms with Crippen molar-refractivity contribution in [2.75, 3.05) is 26.4 Å². The predicted molar refractivity (Wildman–Crippen MR) is 131 cm³/mol. The quantitative estimate of drug-likeness (QED) is 0.159. The number of ketones is 1. The van der Waals surface area contributed by atoms with Crippen molar-refractivity contribution in [2.45, 2.75) is 128 Å². The molecular weight excluding hydrogens is 434 g/mol. The number of hydrogen-bond acceptors (Lipinski definition) is 6. The van der Waals surface area contributed by atoms with Gasteiger partial charge in [0.1, 0.15) is 6.04 Å². The van der Waals surface area contributed by atoms with E-state index in [1.54, 1.807) is 6.92 Å². The first-order valence-electron chi connectivity index (χ1n) is 13.9. The maximum absolute atomic E-state index is 12.6. The number of Topliss-reactive ketones (excluding diaryl/α,β-unsaturated/α-hetero) is 1. The molecule has 34 heavy (non-hydrogen) atoms. The SMILES string of the molecule is CCOC(=O)C1CCCCN1C(=O)C(=O)CCCCCCCCCCCCOC1CCCCO1. The normalized spacial score (nSPS) is 20.8. The van der Waals surface area contributed by atoms with Gasteiger partial charge in [0, 0.05) is 26.2 Å². The van der Waals surface area contributed by atoms with Crippen LogP contribution in [0.3, 0.4) is 0 Å². The molecule has 0 aromatic heterocycles. The minimum absolute atomic E-state index is 0.0356. The van der Waals surface area contributed by atoms with Gasteiger partial charge in [0.2, 0.25) is 5.78 Å². The monoisotopic (exact) mass is 481 g/mol. The van der Waals surface area contributed by atoms with Crippen LogP contribution >= 0.6 is 0 Å². The summed E-state index contributed by atoms with van der Waals surface area (Å²) in [4.78, 5) is 38.5. The van der Waals surface area contributed by atoms with E-state index in [0.717, 1.165) is 64.6 Å². The van der Waals surface area contributed by atoms with Crippen LogP contribution < -0.4 is 0 Å². The van der Waals surface area contributed by atoms with Gasteiger partial charge in [-0.2, -0.15) is 0 Å². The molecule has 2 atom stereocenters. The average molecular weight is 482 g/mol. The fraction of sp³-hybridized carbons (Fsp3) is 0.889. The third-order valence-corrected chi connectivity index (χ3v) is 6.80. The molecule has 1 amide bonds. The molecule has 7 nitrogen and oxygen atoms in total. The largest absolute Gasteiger partial charge is 0.464 e. The van der Waals surface area contributed by atoms with Crippen LogP contribution in [0, 0.1) is 0 Å². The summed E-state index contributed by atoms with van der Waals surface area (Å²) in [5.41, 5.74) is 0. The summed E-state index contributed by atoms with van der Waals surface area (Å²) in [5.74, 6) is -1.25. The number of amides is 1. The number of piperidine rings is 1. The van der Waals surface area contributed by atoms with Crippen molar-refractivity contribution in [3.63, 3.8) is 0 Å². The van der Waals surface area contributed by atoms with E-state index in [4.69, 9.17) is 14.2 Å². The number of nitrogens with zero attached hydrogens (tertiary/aromatic N) is 1. The van der Waals surface area contributed by atoms with E-state index < -0.39 is 11.9 Å². The summed E-state index contributed by atoms with van der Waals surface area (Å²) in [6.45, 7) is 4.16. The molecule has 0 bridgehead atoms. The third-order valence-electron chi connectivity index (χ3n) is 6.80. The lowest BCUT2D eigenvalue weighted by atomic mass is 10.0. The third kappa shape index (κ3) is 11.3. The zero-order chi connectivity index (χ0) is 24.4. The summed E-state index contributed by atoms with van der Waals surface area (Å²) >= 11 is 0. The smallest absolute Gasteiger partial charge is 0.328 e. The summed E-state index contributed by atoms with van der Waals surface area (Å²) < 4.78 is 16.4. The number of likely N-dealkylation sites (tertiary alicyclic amines) is 1. The molecule has 0 aliphatic carbocycles. The molecule has 2 unspecified atom stereocenters. The molecule has 2 aliphatic rings. The number of carbonyl (C=O) groups is 3. The molecule has 2 heterocycles. The number of carbonyl (C=O) groups excluding carboxylic acids is 3. The van der Waals surface area contributed by atoms with Gasteiger partial charge in [0.15, 0.2) is 6.29 Å². The Bertz CT molecular complexity index is 590. The molecule has 0 spiro atoms. The van der Waals surface area contributed by atoms with Crippen molar-refractivity contribution in [1.29, 1.82) is 0 Å². The first-order chi connectivity index (χ1) is 16.6. The first kappa shape index (κ1) is 28.8. The Morgan fingerprint density at radius 1 is 0.824 bits per heavy atom. The lowest BCUT2D eigenvalue weighted by molar-refractivity contribution is -0.162. The Morgan fingerprint density at radius 3 is 2.12 bits per heavy atom. The summed E-state index contributed by atoms with van der Waals surface area (Å²) in [7, 11) is 0. The molecule has 2 saturated heterocycles. The highest BCUT2D eigenvalue weighted by atomic mass is 16.7. The van der Waals surface area contributed by atoms with Crippen molar-refractivity contribution in [2.24, 2.45) is 0 Å². The molecule has 196 valence electrons. The van der Waals surface area contributed by atoms with Crippen molar-refractivity contribution in [3.8, 4) is 0 Å². The molecule has 0 aromatic carbocycles. The molecule has 0 saturated carbocycles. The Morgan fingerprint density at radius 2 is 1.47 bits per heavy atom. The topological polar surface area (TPSA) is 82.1 Å². The van der Waals surface area contributed by atoms with Gasteiger partial charge in [0.05, 0.1) is 6.61 Å². The molecule has 2 aliphatic heterocycles. The predicted octanol–water partition coefficient (Wildman–Crippen LogP) is 5.33. The van der Waals surface area contributed by atoms with Crippen LogP contribution in [0.25, 0.3) is 0 Å². The number of unbranched alkanes of at least 4 members (excludes halogenated alkanes) is 9. The first-order valence-corrected chi connectivity index (χ1v) is 13.9. The molecular formula is C27H47NO6. The highest BCUT2D eigenvalue weighted by molar-refractivity contribution is 6.36. The standard InChI is InChI=1S/C27H47NO6/c1-2-32-27(31)23-17-12-14-20-28(23)26(30)24(29)18-11-9-7-5-3-4-6-8-10-15-21-33-25-19-13-16-22-34-25/h23,25H,2-22H2,1H3. The van der Waals surface area contributed by atoms with Crippen LogP contribution in [0.2, 0.25) is 0 Å². The number of rotatable bonds is 17. The van der Waals surface area contributed by atoms with Gasteiger partial charge in [0.25, 0.3) is 5.91 Å². The van der Waals surface area contributed by atoms with Crippen LogP contribution in [-0.4, -0.2) is 61.3 Å². The lowest BCUT2D eigenvalue weighted by Crippen LogP contribution is -2.51. The summed E-state index contributed by atoms with van der Waals surface area (Å²) in [5, 5.41) is 0. The highest BCUT2D eigenvalue weighted by Gasteiger charge is 2.35. The van der Waals surface area contributed by atoms with Gasteiger partial charge in [-0.05, 0) is 58.3 Å². The Balaban J connectivity index is 1.42. The number of ether oxygens (including phenoxy) is 3. The van der Waals surface area contributed by atoms with E-state index in [1.165, 1.54) is 49.8 Å². The molecule has 0 radical (unpaired) electrons. The van der Waals surface area contributed by atoms with Crippen LogP contribution in [0.15, 0.2) is 0 Å². The second-order valence-corrected chi connectivity index (χ2v) is 9.64. The molecule has 0 aromatic rings. The van der Waals surface area contributed by atoms with E-state index in [-0.39, 0.29) is 31.1 Å². The average Bonchev–Trinajstić information content (AvgIpc) is 2.87. The van der Waals surface area contributed by atoms with Crippen molar-refractivity contribution >= 4 is 17.7 Å². The Hall–Kier alpha value is -1.47. The van der Waals surface area contributed by atoms with E-state index in [0.29, 0.717) is 13.0 Å². The maximum Gasteiger partial charge on any atom is 0.328 e. The van der Waals surface area contributed by atoms with E-state index in [1.807, 2.05) is 0 Å². The maximum atomic E-state index is 12.6. The second kappa shape index (κ2) is 17.9. The van der Waals surface area contributed by atoms with Gasteiger partial charge in [-0.3, -0.25) is 9.59 Å². The minimum Gasteiger partial charge on any atom is -0.464 e. The molecule has 0 N–H and O–H groups in total. The van der Waals surface area contributed by atoms with Crippen molar-refractivity contribution in [3.05, 3.63) is 0 Å². The minimum atomic E-state index is -0.594. The lowest BCUT2D eigenvalue weighted by Gasteiger charge is -2.33. The van der Waals surface area contributed by atoms with Crippen molar-refractivity contribution in [1.82, 2.24) is 4.90 Å². The van der Waals surface area contributed by atoms with Crippen LogP contribution in [0.5, 0.6) is 0 Å². The molecule has 7 heteroatoms. The van der Waals surface area contributed by atoms with Crippen molar-refractivity contribution < 1.29 is 28.6 Å². The fourth-order valence-corrected chi connectivity index (χ4v) is 4.78. The van der Waals surface area contributed by atoms with E-state index in [2.05, 4.69) is 0 Å². The van der Waals surface area contributed by atoms with Gasteiger partial charge in [-0.1, -0.05) is 51.4 Å². The highest BCUT2D eigenvalue weighted by Crippen LogP contribution is 2.20. The molecule has 2 fully saturated rings. The number of esters is 1.